The minimum absolute atomic E-state index is 0.230. The number of rotatable bonds is 4. The van der Waals surface area contributed by atoms with Crippen LogP contribution in [0.3, 0.4) is 0 Å². The lowest BCUT2D eigenvalue weighted by Gasteiger charge is -2.11. The van der Waals surface area contributed by atoms with E-state index in [1.807, 2.05) is 0 Å². The average molecular weight is 242 g/mol. The van der Waals surface area contributed by atoms with Gasteiger partial charge in [-0.15, -0.1) is 12.3 Å². The number of nitrogens with zero attached hydrogens (tertiary/aromatic N) is 1. The lowest BCUT2D eigenvalue weighted by atomic mass is 10.3. The molecule has 4 nitrogen and oxygen atoms in total. The molecule has 1 rings (SSSR count). The van der Waals surface area contributed by atoms with Crippen molar-refractivity contribution >= 4 is 10.0 Å². The highest BCUT2D eigenvalue weighted by Gasteiger charge is 2.21. The van der Waals surface area contributed by atoms with Gasteiger partial charge >= 0.3 is 0 Å². The summed E-state index contributed by atoms with van der Waals surface area (Å²) in [5, 5.41) is -0.612. The van der Waals surface area contributed by atoms with Crippen LogP contribution < -0.4 is 4.72 Å². The first kappa shape index (κ1) is 12.6. The summed E-state index contributed by atoms with van der Waals surface area (Å²) < 4.78 is 38.8. The Morgan fingerprint density at radius 3 is 2.94 bits per heavy atom. The molecule has 86 valence electrons. The number of terminal acetylenes is 1. The highest BCUT2D eigenvalue weighted by molar-refractivity contribution is 7.89. The van der Waals surface area contributed by atoms with Crippen molar-refractivity contribution in [2.24, 2.45) is 0 Å². The molecule has 1 unspecified atom stereocenters. The van der Waals surface area contributed by atoms with E-state index in [2.05, 4.69) is 15.6 Å². The summed E-state index contributed by atoms with van der Waals surface area (Å²) in [4.78, 5) is 3.49. The van der Waals surface area contributed by atoms with Crippen LogP contribution >= 0.6 is 0 Å². The summed E-state index contributed by atoms with van der Waals surface area (Å²) in [6.45, 7) is 1.60. The second kappa shape index (κ2) is 5.05. The molecule has 1 aromatic heterocycles. The minimum atomic E-state index is -3.94. The van der Waals surface area contributed by atoms with E-state index in [9.17, 15) is 12.8 Å². The van der Waals surface area contributed by atoms with Crippen molar-refractivity contribution in [2.45, 2.75) is 24.4 Å². The van der Waals surface area contributed by atoms with Crippen molar-refractivity contribution in [1.29, 1.82) is 0 Å². The van der Waals surface area contributed by atoms with Gasteiger partial charge in [-0.3, -0.25) is 0 Å². The van der Waals surface area contributed by atoms with Crippen LogP contribution in [0.4, 0.5) is 4.39 Å². The van der Waals surface area contributed by atoms with Gasteiger partial charge in [-0.2, -0.15) is 0 Å². The Kier molecular flexibility index (Phi) is 3.99. The van der Waals surface area contributed by atoms with Gasteiger partial charge in [0.2, 0.25) is 5.03 Å². The molecular weight excluding hydrogens is 231 g/mol. The van der Waals surface area contributed by atoms with Crippen LogP contribution in [0.5, 0.6) is 0 Å². The van der Waals surface area contributed by atoms with E-state index >= 15 is 0 Å². The van der Waals surface area contributed by atoms with Gasteiger partial charge in [0.25, 0.3) is 10.0 Å². The largest absolute Gasteiger partial charge is 0.261 e. The monoisotopic (exact) mass is 242 g/mol. The lowest BCUT2D eigenvalue weighted by molar-refractivity contribution is 0.534. The molecule has 1 aromatic rings. The molecule has 0 amide bonds. The Balaban J connectivity index is 2.96. The van der Waals surface area contributed by atoms with E-state index in [-0.39, 0.29) is 6.42 Å². The second-order valence-electron chi connectivity index (χ2n) is 3.22. The highest BCUT2D eigenvalue weighted by Crippen LogP contribution is 2.10. The maximum atomic E-state index is 13.2. The van der Waals surface area contributed by atoms with Gasteiger partial charge in [-0.1, -0.05) is 0 Å². The van der Waals surface area contributed by atoms with Crippen molar-refractivity contribution in [2.75, 3.05) is 0 Å². The summed E-state index contributed by atoms with van der Waals surface area (Å²) in [5.41, 5.74) is 0. The fraction of sp³-hybridized carbons (Fsp3) is 0.300. The predicted octanol–water partition coefficient (Wildman–Crippen LogP) is 0.911. The van der Waals surface area contributed by atoms with E-state index in [1.54, 1.807) is 6.92 Å². The molecule has 0 radical (unpaired) electrons. The molecule has 16 heavy (non-hydrogen) atoms. The maximum absolute atomic E-state index is 13.2. The van der Waals surface area contributed by atoms with Gasteiger partial charge in [0, 0.05) is 18.7 Å². The topological polar surface area (TPSA) is 59.1 Å². The SMILES string of the molecule is C#CCC(C)NS(=O)(=O)c1ncccc1F. The van der Waals surface area contributed by atoms with E-state index in [0.29, 0.717) is 0 Å². The Hall–Kier alpha value is -1.45. The van der Waals surface area contributed by atoms with Crippen LogP contribution in [0.1, 0.15) is 13.3 Å². The number of nitrogens with one attached hydrogen (secondary N) is 1. The summed E-state index contributed by atoms with van der Waals surface area (Å²) in [7, 11) is -3.94. The van der Waals surface area contributed by atoms with Crippen molar-refractivity contribution in [3.05, 3.63) is 24.1 Å². The molecule has 0 spiro atoms. The standard InChI is InChI=1S/C10H11FN2O2S/c1-3-5-8(2)13-16(14,15)10-9(11)6-4-7-12-10/h1,4,6-8,13H,5H2,2H3. The first-order chi connectivity index (χ1) is 7.47. The number of halogens is 1. The molecule has 1 heterocycles. The summed E-state index contributed by atoms with van der Waals surface area (Å²) >= 11 is 0. The van der Waals surface area contributed by atoms with Crippen LogP contribution in [-0.4, -0.2) is 19.4 Å². The Labute approximate surface area is 94.0 Å². The fourth-order valence-corrected chi connectivity index (χ4v) is 2.36. The zero-order valence-corrected chi connectivity index (χ0v) is 9.46. The van der Waals surface area contributed by atoms with Gasteiger partial charge in [-0.25, -0.2) is 22.5 Å². The summed E-state index contributed by atoms with van der Waals surface area (Å²) in [6, 6.07) is 1.89. The number of aromatic nitrogens is 1. The molecule has 0 aliphatic carbocycles. The van der Waals surface area contributed by atoms with Gasteiger partial charge in [0.1, 0.15) is 0 Å². The van der Waals surface area contributed by atoms with Gasteiger partial charge in [0.05, 0.1) is 0 Å². The van der Waals surface area contributed by atoms with E-state index in [0.717, 1.165) is 6.07 Å². The first-order valence-corrected chi connectivity index (χ1v) is 6.02. The third kappa shape index (κ3) is 3.02. The van der Waals surface area contributed by atoms with Gasteiger partial charge in [-0.05, 0) is 19.1 Å². The van der Waals surface area contributed by atoms with Crippen LogP contribution in [0, 0.1) is 18.2 Å². The smallest absolute Gasteiger partial charge is 0.241 e. The first-order valence-electron chi connectivity index (χ1n) is 4.53. The molecule has 1 atom stereocenters. The van der Waals surface area contributed by atoms with Gasteiger partial charge < -0.3 is 0 Å². The quantitative estimate of drug-likeness (QED) is 0.798. The van der Waals surface area contributed by atoms with Crippen molar-refractivity contribution < 1.29 is 12.8 Å². The van der Waals surface area contributed by atoms with E-state index in [4.69, 9.17) is 6.42 Å². The highest BCUT2D eigenvalue weighted by atomic mass is 32.2. The van der Waals surface area contributed by atoms with E-state index < -0.39 is 26.9 Å². The fourth-order valence-electron chi connectivity index (χ4n) is 1.11. The third-order valence-electron chi connectivity index (χ3n) is 1.76. The van der Waals surface area contributed by atoms with Crippen molar-refractivity contribution in [3.63, 3.8) is 0 Å². The van der Waals surface area contributed by atoms with Crippen LogP contribution in [-0.2, 0) is 10.0 Å². The second-order valence-corrected chi connectivity index (χ2v) is 4.85. The number of sulfonamides is 1. The molecule has 0 aliphatic heterocycles. The summed E-state index contributed by atoms with van der Waals surface area (Å²) in [6.07, 6.45) is 6.48. The van der Waals surface area contributed by atoms with Crippen molar-refractivity contribution in [1.82, 2.24) is 9.71 Å². The molecule has 0 aliphatic rings. The normalized spacial score (nSPS) is 13.1. The van der Waals surface area contributed by atoms with E-state index in [1.165, 1.54) is 12.3 Å². The van der Waals surface area contributed by atoms with Gasteiger partial charge in [0.15, 0.2) is 5.82 Å². The molecule has 0 saturated heterocycles. The zero-order chi connectivity index (χ0) is 12.2. The molecule has 6 heteroatoms. The van der Waals surface area contributed by atoms with Crippen molar-refractivity contribution in [3.8, 4) is 12.3 Å². The molecule has 0 bridgehead atoms. The molecule has 0 saturated carbocycles. The number of hydrogen-bond acceptors (Lipinski definition) is 3. The Morgan fingerprint density at radius 2 is 2.38 bits per heavy atom. The molecule has 1 N–H and O–H groups in total. The Morgan fingerprint density at radius 1 is 1.69 bits per heavy atom. The van der Waals surface area contributed by atoms with Crippen LogP contribution in [0.15, 0.2) is 23.4 Å². The number of hydrogen-bond donors (Lipinski definition) is 1. The maximum Gasteiger partial charge on any atom is 0.261 e. The minimum Gasteiger partial charge on any atom is -0.241 e. The average Bonchev–Trinajstić information content (AvgIpc) is 2.17. The zero-order valence-electron chi connectivity index (χ0n) is 8.64. The third-order valence-corrected chi connectivity index (χ3v) is 3.28. The Bertz CT molecular complexity index is 508. The molecular formula is C10H11FN2O2S. The summed E-state index contributed by atoms with van der Waals surface area (Å²) in [5.74, 6) is 1.43. The molecule has 0 aromatic carbocycles. The van der Waals surface area contributed by atoms with Crippen LogP contribution in [0.2, 0.25) is 0 Å². The predicted molar refractivity (Wildman–Crippen MR) is 57.4 cm³/mol. The lowest BCUT2D eigenvalue weighted by Crippen LogP contribution is -2.33. The molecule has 0 fully saturated rings. The number of pyridine rings is 1. The van der Waals surface area contributed by atoms with Crippen LogP contribution in [0.25, 0.3) is 0 Å².